The van der Waals surface area contributed by atoms with Crippen molar-refractivity contribution in [3.05, 3.63) is 48.6 Å². The standard InChI is InChI=1S/C49H92NO7P/c1-6-8-10-12-14-16-18-20-22-23-24-25-26-27-28-30-32-34-36-38-40-42-49(51)57-48(47-56-58(52,53)55-45-43-50(3,4)5)46-54-44-41-39-37-35-33-31-29-21-19-17-15-13-11-9-7-2/h18-21,23-24,26-27,48H,6-17,22,25,28-47H2,1-5H3/p+1/b20-18-,21-19-,24-23-,27-26-. The first-order chi connectivity index (χ1) is 28.1. The highest BCUT2D eigenvalue weighted by molar-refractivity contribution is 7.47. The summed E-state index contributed by atoms with van der Waals surface area (Å²) in [5, 5.41) is 0. The van der Waals surface area contributed by atoms with E-state index in [2.05, 4.69) is 62.5 Å². The number of ether oxygens (including phenoxy) is 2. The van der Waals surface area contributed by atoms with Crippen molar-refractivity contribution in [2.24, 2.45) is 0 Å². The van der Waals surface area contributed by atoms with Gasteiger partial charge in [-0.05, 0) is 77.0 Å². The maximum Gasteiger partial charge on any atom is 0.472 e. The lowest BCUT2D eigenvalue weighted by molar-refractivity contribution is -0.870. The molecule has 0 fully saturated rings. The Balaban J connectivity index is 4.23. The monoisotopic (exact) mass is 839 g/mol. The van der Waals surface area contributed by atoms with Crippen LogP contribution < -0.4 is 0 Å². The van der Waals surface area contributed by atoms with Crippen LogP contribution in [0.25, 0.3) is 0 Å². The molecule has 9 heteroatoms. The van der Waals surface area contributed by atoms with Crippen LogP contribution in [0, 0.1) is 0 Å². The maximum atomic E-state index is 12.7. The van der Waals surface area contributed by atoms with Crippen LogP contribution in [0.3, 0.4) is 0 Å². The van der Waals surface area contributed by atoms with Crippen molar-refractivity contribution in [3.8, 4) is 0 Å². The number of phosphoric ester groups is 1. The van der Waals surface area contributed by atoms with Gasteiger partial charge in [-0.3, -0.25) is 13.8 Å². The number of quaternary nitrogens is 1. The molecular weight excluding hydrogens is 746 g/mol. The molecule has 0 saturated heterocycles. The molecule has 0 spiro atoms. The highest BCUT2D eigenvalue weighted by atomic mass is 31.2. The first-order valence-corrected chi connectivity index (χ1v) is 25.4. The van der Waals surface area contributed by atoms with Crippen LogP contribution in [0.15, 0.2) is 48.6 Å². The Hall–Kier alpha value is -1.54. The summed E-state index contributed by atoms with van der Waals surface area (Å²) in [6.45, 7) is 5.58. The summed E-state index contributed by atoms with van der Waals surface area (Å²) >= 11 is 0. The number of unbranched alkanes of at least 4 members (excludes halogenated alkanes) is 22. The summed E-state index contributed by atoms with van der Waals surface area (Å²) in [5.74, 6) is -0.328. The predicted octanol–water partition coefficient (Wildman–Crippen LogP) is 14.3. The molecular formula is C49H93NO7P+. The molecule has 8 nitrogen and oxygen atoms in total. The number of rotatable bonds is 44. The molecule has 0 aromatic carbocycles. The molecule has 2 unspecified atom stereocenters. The van der Waals surface area contributed by atoms with E-state index in [9.17, 15) is 14.3 Å². The smallest absolute Gasteiger partial charge is 0.457 e. The van der Waals surface area contributed by atoms with Crippen molar-refractivity contribution >= 4 is 13.8 Å². The topological polar surface area (TPSA) is 91.3 Å². The highest BCUT2D eigenvalue weighted by Gasteiger charge is 2.26. The molecule has 0 aromatic rings. The Bertz CT molecular complexity index is 1070. The molecule has 58 heavy (non-hydrogen) atoms. The minimum Gasteiger partial charge on any atom is -0.457 e. The molecule has 0 heterocycles. The third-order valence-electron chi connectivity index (χ3n) is 10.1. The second-order valence-electron chi connectivity index (χ2n) is 17.1. The second kappa shape index (κ2) is 42.2. The normalized spacial score (nSPS) is 14.1. The molecule has 0 rings (SSSR count). The molecule has 0 aliphatic rings. The van der Waals surface area contributed by atoms with Crippen LogP contribution in [0.4, 0.5) is 0 Å². The fraction of sp³-hybridized carbons (Fsp3) is 0.816. The van der Waals surface area contributed by atoms with Crippen molar-refractivity contribution in [2.45, 2.75) is 206 Å². The van der Waals surface area contributed by atoms with Crippen LogP contribution in [0.1, 0.15) is 200 Å². The van der Waals surface area contributed by atoms with Gasteiger partial charge in [0.2, 0.25) is 0 Å². The summed E-state index contributed by atoms with van der Waals surface area (Å²) in [7, 11) is 1.65. The van der Waals surface area contributed by atoms with Gasteiger partial charge in [0.05, 0.1) is 34.4 Å². The Morgan fingerprint density at radius 2 is 0.948 bits per heavy atom. The zero-order valence-electron chi connectivity index (χ0n) is 38.5. The van der Waals surface area contributed by atoms with Crippen LogP contribution in [-0.4, -0.2) is 75.6 Å². The van der Waals surface area contributed by atoms with Gasteiger partial charge in [-0.15, -0.1) is 0 Å². The second-order valence-corrected chi connectivity index (χ2v) is 18.6. The van der Waals surface area contributed by atoms with E-state index < -0.39 is 13.9 Å². The third-order valence-corrected chi connectivity index (χ3v) is 11.1. The Labute approximate surface area is 358 Å². The molecule has 2 atom stereocenters. The van der Waals surface area contributed by atoms with Gasteiger partial charge in [-0.2, -0.15) is 0 Å². The maximum absolute atomic E-state index is 12.7. The van der Waals surface area contributed by atoms with Crippen LogP contribution >= 0.6 is 7.82 Å². The molecule has 0 saturated carbocycles. The van der Waals surface area contributed by atoms with E-state index >= 15 is 0 Å². The molecule has 0 aromatic heterocycles. The van der Waals surface area contributed by atoms with Crippen molar-refractivity contribution in [1.82, 2.24) is 0 Å². The van der Waals surface area contributed by atoms with Crippen molar-refractivity contribution in [2.75, 3.05) is 54.1 Å². The number of carbonyl (C=O) groups excluding carboxylic acids is 1. The van der Waals surface area contributed by atoms with Gasteiger partial charge in [-0.1, -0.05) is 165 Å². The number of nitrogens with zero attached hydrogens (tertiary/aromatic N) is 1. The Morgan fingerprint density at radius 1 is 0.534 bits per heavy atom. The SMILES string of the molecule is CCCCCCC/C=C\C/C=C\C/C=C\CCCCCCCCC(=O)OC(COCCCCCCCC/C=C\CCCCCCC)COP(=O)(O)OCC[N+](C)(C)C. The average Bonchev–Trinajstić information content (AvgIpc) is 3.18. The van der Waals surface area contributed by atoms with E-state index in [4.69, 9.17) is 18.5 Å². The number of hydrogen-bond donors (Lipinski definition) is 1. The first kappa shape index (κ1) is 56.5. The first-order valence-electron chi connectivity index (χ1n) is 23.9. The van der Waals surface area contributed by atoms with E-state index in [0.29, 0.717) is 24.1 Å². The van der Waals surface area contributed by atoms with Crippen LogP contribution in [-0.2, 0) is 27.9 Å². The average molecular weight is 839 g/mol. The quantitative estimate of drug-likeness (QED) is 0.0215. The Kier molecular flexibility index (Phi) is 41.0. The highest BCUT2D eigenvalue weighted by Crippen LogP contribution is 2.43. The van der Waals surface area contributed by atoms with Gasteiger partial charge in [0, 0.05) is 13.0 Å². The fourth-order valence-electron chi connectivity index (χ4n) is 6.38. The number of phosphoric acid groups is 1. The van der Waals surface area contributed by atoms with Crippen molar-refractivity contribution in [1.29, 1.82) is 0 Å². The number of hydrogen-bond acceptors (Lipinski definition) is 6. The van der Waals surface area contributed by atoms with Gasteiger partial charge in [0.25, 0.3) is 0 Å². The molecule has 0 aliphatic heterocycles. The predicted molar refractivity (Wildman–Crippen MR) is 247 cm³/mol. The van der Waals surface area contributed by atoms with Gasteiger partial charge in [0.15, 0.2) is 0 Å². The Morgan fingerprint density at radius 3 is 1.43 bits per heavy atom. The van der Waals surface area contributed by atoms with E-state index in [0.717, 1.165) is 57.8 Å². The number of allylic oxidation sites excluding steroid dienone is 8. The third kappa shape index (κ3) is 45.5. The number of esters is 1. The summed E-state index contributed by atoms with van der Waals surface area (Å²) in [6.07, 6.45) is 51.4. The molecule has 0 bridgehead atoms. The summed E-state index contributed by atoms with van der Waals surface area (Å²) in [6, 6.07) is 0. The lowest BCUT2D eigenvalue weighted by Gasteiger charge is -2.24. The molecule has 340 valence electrons. The van der Waals surface area contributed by atoms with Crippen LogP contribution in [0.5, 0.6) is 0 Å². The number of likely N-dealkylation sites (N-methyl/N-ethyl adjacent to an activating group) is 1. The van der Waals surface area contributed by atoms with E-state index in [1.165, 1.54) is 122 Å². The van der Waals surface area contributed by atoms with Crippen molar-refractivity contribution in [3.63, 3.8) is 0 Å². The minimum absolute atomic E-state index is 0.0834. The van der Waals surface area contributed by atoms with Gasteiger partial charge >= 0.3 is 13.8 Å². The largest absolute Gasteiger partial charge is 0.472 e. The lowest BCUT2D eigenvalue weighted by Crippen LogP contribution is -2.37. The van der Waals surface area contributed by atoms with Crippen LogP contribution in [0.2, 0.25) is 0 Å². The van der Waals surface area contributed by atoms with Gasteiger partial charge < -0.3 is 18.9 Å². The number of carbonyl (C=O) groups is 1. The zero-order valence-corrected chi connectivity index (χ0v) is 39.4. The zero-order chi connectivity index (χ0) is 42.7. The van der Waals surface area contributed by atoms with E-state index in [1.807, 2.05) is 21.1 Å². The van der Waals surface area contributed by atoms with Gasteiger partial charge in [-0.25, -0.2) is 4.57 Å². The van der Waals surface area contributed by atoms with Crippen molar-refractivity contribution < 1.29 is 37.3 Å². The molecule has 0 aliphatic carbocycles. The van der Waals surface area contributed by atoms with Gasteiger partial charge in [0.1, 0.15) is 19.3 Å². The summed E-state index contributed by atoms with van der Waals surface area (Å²) in [4.78, 5) is 22.9. The van der Waals surface area contributed by atoms with E-state index in [1.54, 1.807) is 0 Å². The molecule has 1 N–H and O–H groups in total. The summed E-state index contributed by atoms with van der Waals surface area (Å²) < 4.78 is 35.0. The minimum atomic E-state index is -4.28. The molecule has 0 amide bonds. The van der Waals surface area contributed by atoms with E-state index in [-0.39, 0.29) is 25.8 Å². The summed E-state index contributed by atoms with van der Waals surface area (Å²) in [5.41, 5.74) is 0. The molecule has 0 radical (unpaired) electrons. The fourth-order valence-corrected chi connectivity index (χ4v) is 7.12. The lowest BCUT2D eigenvalue weighted by atomic mass is 10.1.